The van der Waals surface area contributed by atoms with Crippen molar-refractivity contribution in [2.75, 3.05) is 19.8 Å². The Labute approximate surface area is 271 Å². The predicted octanol–water partition coefficient (Wildman–Crippen LogP) is 10.1. The fourth-order valence-electron chi connectivity index (χ4n) is 4.16. The topological polar surface area (TPSA) is 91.8 Å². The molecule has 0 saturated heterocycles. The Balaban J connectivity index is 1.95. The zero-order valence-corrected chi connectivity index (χ0v) is 31.0. The summed E-state index contributed by atoms with van der Waals surface area (Å²) in [4.78, 5) is 7.25. The van der Waals surface area contributed by atoms with Gasteiger partial charge in [-0.2, -0.15) is 0 Å². The molecule has 1 heterocycles. The monoisotopic (exact) mass is 679 g/mol. The second kappa shape index (κ2) is 15.7. The van der Waals surface area contributed by atoms with Crippen LogP contribution in [0.2, 0.25) is 0 Å². The summed E-state index contributed by atoms with van der Waals surface area (Å²) in [7, 11) is -11.0. The van der Waals surface area contributed by atoms with E-state index in [1.54, 1.807) is 0 Å². The van der Waals surface area contributed by atoms with Crippen molar-refractivity contribution in [1.82, 2.24) is 9.72 Å². The van der Waals surface area contributed by atoms with E-state index in [1.165, 1.54) is 0 Å². The van der Waals surface area contributed by atoms with E-state index in [0.29, 0.717) is 37.1 Å². The fourth-order valence-corrected chi connectivity index (χ4v) is 16.5. The molecule has 0 saturated carbocycles. The van der Waals surface area contributed by atoms with Crippen molar-refractivity contribution in [3.8, 4) is 17.2 Å². The Hall–Kier alpha value is -2.05. The van der Waals surface area contributed by atoms with E-state index >= 15 is 0 Å². The minimum atomic E-state index is -3.82. The molecule has 4 rings (SSSR count). The molecule has 1 atom stereocenters. The van der Waals surface area contributed by atoms with Crippen LogP contribution in [0.15, 0.2) is 77.3 Å². The third kappa shape index (κ3) is 10.7. The summed E-state index contributed by atoms with van der Waals surface area (Å²) < 4.78 is 46.1. The summed E-state index contributed by atoms with van der Waals surface area (Å²) in [5, 5.41) is 0. The number of rotatable bonds is 15. The molecule has 0 bridgehead atoms. The van der Waals surface area contributed by atoms with Crippen molar-refractivity contribution in [2.24, 2.45) is 22.3 Å². The molecule has 1 unspecified atom stereocenters. The van der Waals surface area contributed by atoms with Gasteiger partial charge in [0.2, 0.25) is 0 Å². The molecule has 9 nitrogen and oxygen atoms in total. The number of aryl methyl sites for hydroxylation is 3. The molecule has 12 heteroatoms. The van der Waals surface area contributed by atoms with E-state index in [4.69, 9.17) is 31.7 Å². The van der Waals surface area contributed by atoms with Gasteiger partial charge in [-0.3, -0.25) is 0 Å². The van der Waals surface area contributed by atoms with Crippen molar-refractivity contribution < 1.29 is 27.1 Å². The molecular formula is C33H52N3O6P3. The zero-order chi connectivity index (χ0) is 32.7. The van der Waals surface area contributed by atoms with Crippen LogP contribution in [0, 0.1) is 38.5 Å². The van der Waals surface area contributed by atoms with Crippen LogP contribution in [0.3, 0.4) is 0 Å². The Kier molecular flexibility index (Phi) is 12.5. The number of benzene rings is 3. The van der Waals surface area contributed by atoms with Crippen molar-refractivity contribution >= 4 is 23.7 Å². The molecule has 0 fully saturated rings. The first kappa shape index (κ1) is 35.8. The fraction of sp³-hybridized carbons (Fsp3) is 0.455. The van der Waals surface area contributed by atoms with Gasteiger partial charge in [0, 0.05) is 0 Å². The van der Waals surface area contributed by atoms with E-state index in [9.17, 15) is 0 Å². The van der Waals surface area contributed by atoms with Crippen molar-refractivity contribution in [2.45, 2.75) is 62.3 Å². The van der Waals surface area contributed by atoms with Crippen LogP contribution in [0.4, 0.5) is 0 Å². The predicted molar refractivity (Wildman–Crippen MR) is 190 cm³/mol. The first-order valence-electron chi connectivity index (χ1n) is 15.7. The van der Waals surface area contributed by atoms with Crippen LogP contribution >= 0.6 is 23.7 Å². The van der Waals surface area contributed by atoms with E-state index in [0.717, 1.165) is 16.7 Å². The van der Waals surface area contributed by atoms with E-state index in [1.807, 2.05) is 93.6 Å². The maximum absolute atomic E-state index is 6.86. The molecule has 2 N–H and O–H groups in total. The van der Waals surface area contributed by atoms with Gasteiger partial charge >= 0.3 is 272 Å². The molecule has 0 spiro atoms. The molecule has 0 aromatic heterocycles. The van der Waals surface area contributed by atoms with E-state index < -0.39 is 23.7 Å². The van der Waals surface area contributed by atoms with Gasteiger partial charge in [0.15, 0.2) is 0 Å². The summed E-state index contributed by atoms with van der Waals surface area (Å²) in [5.74, 6) is 2.49. The number of nitrogens with zero attached hydrogens (tertiary/aromatic N) is 1. The van der Waals surface area contributed by atoms with Crippen LogP contribution in [0.1, 0.15) is 58.2 Å². The van der Waals surface area contributed by atoms with Gasteiger partial charge in [-0.15, -0.1) is 0 Å². The molecular weight excluding hydrogens is 627 g/mol. The third-order valence-electron chi connectivity index (χ3n) is 6.50. The minimum absolute atomic E-state index is 0.201. The van der Waals surface area contributed by atoms with Crippen molar-refractivity contribution in [3.63, 3.8) is 0 Å². The van der Waals surface area contributed by atoms with Crippen LogP contribution in [0.5, 0.6) is 17.2 Å². The first-order valence-corrected chi connectivity index (χ1v) is 20.9. The number of hydrogen-bond acceptors (Lipinski definition) is 9. The average molecular weight is 680 g/mol. The summed E-state index contributed by atoms with van der Waals surface area (Å²) >= 11 is 0. The van der Waals surface area contributed by atoms with Crippen molar-refractivity contribution in [1.29, 1.82) is 0 Å². The number of hydrogen-bond donors (Lipinski definition) is 2. The Morgan fingerprint density at radius 3 is 1.53 bits per heavy atom. The zero-order valence-electron chi connectivity index (χ0n) is 28.1. The summed E-state index contributed by atoms with van der Waals surface area (Å²) in [5.41, 5.74) is 3.36. The molecule has 0 radical (unpaired) electrons. The van der Waals surface area contributed by atoms with Gasteiger partial charge in [0.1, 0.15) is 0 Å². The first-order chi connectivity index (χ1) is 21.3. The van der Waals surface area contributed by atoms with Gasteiger partial charge in [-0.1, -0.05) is 0 Å². The SMILES string of the molecule is Cc1ccc(OP2(OCC(C)C)=N[PH](OCC(C)C)(Oc3ccc(C)cc3)N[PH](OCC(C)C)(Oc3ccc(C)cc3)N2)cc1. The molecule has 3 aromatic carbocycles. The van der Waals surface area contributed by atoms with Gasteiger partial charge in [0.05, 0.1) is 0 Å². The third-order valence-corrected chi connectivity index (χ3v) is 16.6. The maximum atomic E-state index is 6.86. The standard InChI is InChI=1S/C33H52N3O6P3/c1-25(2)22-37-43(40-31-16-10-28(7)11-17-31)34-44(38-23-26(3)4,41-32-18-12-29(8)13-19-32)36-45(35-43,39-24-27(5)6)42-33-20-14-30(9)15-21-33/h10-21,25-27,34-35,43-44H,22-24H2,1-9H3. The van der Waals surface area contributed by atoms with Crippen molar-refractivity contribution in [3.05, 3.63) is 89.5 Å². The summed E-state index contributed by atoms with van der Waals surface area (Å²) in [6, 6.07) is 23.6. The number of nitrogens with one attached hydrogen (secondary N) is 2. The molecule has 250 valence electrons. The molecule has 3 aromatic rings. The van der Waals surface area contributed by atoms with E-state index in [2.05, 4.69) is 51.3 Å². The van der Waals surface area contributed by atoms with Gasteiger partial charge in [-0.25, -0.2) is 0 Å². The Morgan fingerprint density at radius 1 is 0.600 bits per heavy atom. The normalized spacial score (nSPS) is 20.4. The average Bonchev–Trinajstić information content (AvgIpc) is 2.98. The van der Waals surface area contributed by atoms with Gasteiger partial charge in [0.25, 0.3) is 0 Å². The molecule has 0 aliphatic carbocycles. The Bertz CT molecular complexity index is 1420. The van der Waals surface area contributed by atoms with Crippen LogP contribution in [-0.2, 0) is 13.6 Å². The second-order valence-electron chi connectivity index (χ2n) is 12.9. The van der Waals surface area contributed by atoms with Crippen LogP contribution < -0.4 is 23.3 Å². The molecule has 0 amide bonds. The van der Waals surface area contributed by atoms with Gasteiger partial charge < -0.3 is 0 Å². The molecule has 1 aliphatic rings. The van der Waals surface area contributed by atoms with Crippen LogP contribution in [0.25, 0.3) is 0 Å². The summed E-state index contributed by atoms with van der Waals surface area (Å²) in [6.45, 7) is 19.9. The van der Waals surface area contributed by atoms with Gasteiger partial charge in [-0.05, 0) is 0 Å². The Morgan fingerprint density at radius 2 is 1.04 bits per heavy atom. The second-order valence-corrected chi connectivity index (χ2v) is 20.4. The van der Waals surface area contributed by atoms with E-state index in [-0.39, 0.29) is 17.8 Å². The molecule has 45 heavy (non-hydrogen) atoms. The van der Waals surface area contributed by atoms with Crippen LogP contribution in [-0.4, -0.2) is 19.8 Å². The molecule has 1 aliphatic heterocycles. The quantitative estimate of drug-likeness (QED) is 0.153. The summed E-state index contributed by atoms with van der Waals surface area (Å²) in [6.07, 6.45) is 0.